The summed E-state index contributed by atoms with van der Waals surface area (Å²) in [6.45, 7) is 0.738. The first-order chi connectivity index (χ1) is 11.8. The Labute approximate surface area is 141 Å². The minimum atomic E-state index is -0.0707. The van der Waals surface area contributed by atoms with Crippen molar-refractivity contribution in [2.45, 2.75) is 13.0 Å². The van der Waals surface area contributed by atoms with Gasteiger partial charge in [-0.1, -0.05) is 60.7 Å². The summed E-state index contributed by atoms with van der Waals surface area (Å²) in [5, 5.41) is 6.12. The molecule has 4 heteroatoms. The topological polar surface area (TPSA) is 54.0 Å². The number of carbonyl (C=O) groups is 1. The Morgan fingerprint density at radius 3 is 2.12 bits per heavy atom. The van der Waals surface area contributed by atoms with E-state index in [0.29, 0.717) is 12.2 Å². The molecule has 0 spiro atoms. The molecule has 2 aromatic carbocycles. The third-order valence-corrected chi connectivity index (χ3v) is 3.58. The van der Waals surface area contributed by atoms with Gasteiger partial charge >= 0.3 is 0 Å². The summed E-state index contributed by atoms with van der Waals surface area (Å²) >= 11 is 0. The lowest BCUT2D eigenvalue weighted by Crippen LogP contribution is -2.15. The van der Waals surface area contributed by atoms with Crippen LogP contribution in [0.5, 0.6) is 0 Å². The van der Waals surface area contributed by atoms with Gasteiger partial charge in [0.25, 0.3) is 0 Å². The van der Waals surface area contributed by atoms with Gasteiger partial charge in [0.15, 0.2) is 0 Å². The van der Waals surface area contributed by atoms with Crippen LogP contribution in [0.4, 0.5) is 11.5 Å². The Balaban J connectivity index is 1.51. The van der Waals surface area contributed by atoms with Crippen LogP contribution in [-0.2, 0) is 17.8 Å². The smallest absolute Gasteiger partial charge is 0.229 e. The largest absolute Gasteiger partial charge is 0.380 e. The van der Waals surface area contributed by atoms with Crippen molar-refractivity contribution in [1.82, 2.24) is 4.98 Å². The van der Waals surface area contributed by atoms with E-state index >= 15 is 0 Å². The van der Waals surface area contributed by atoms with Gasteiger partial charge in [-0.05, 0) is 23.3 Å². The zero-order valence-corrected chi connectivity index (χ0v) is 13.3. The molecule has 0 radical (unpaired) electrons. The van der Waals surface area contributed by atoms with E-state index in [2.05, 4.69) is 27.8 Å². The van der Waals surface area contributed by atoms with Crippen LogP contribution >= 0.6 is 0 Å². The number of pyridine rings is 1. The Kier molecular flexibility index (Phi) is 5.20. The van der Waals surface area contributed by atoms with E-state index in [1.165, 1.54) is 5.56 Å². The van der Waals surface area contributed by atoms with Gasteiger partial charge in [0.2, 0.25) is 5.91 Å². The molecular weight excluding hydrogens is 298 g/mol. The summed E-state index contributed by atoms with van der Waals surface area (Å²) in [4.78, 5) is 16.3. The zero-order valence-electron chi connectivity index (χ0n) is 13.3. The number of nitrogens with zero attached hydrogens (tertiary/aromatic N) is 1. The van der Waals surface area contributed by atoms with Crippen molar-refractivity contribution in [3.63, 3.8) is 0 Å². The first-order valence-electron chi connectivity index (χ1n) is 7.87. The number of carbonyl (C=O) groups excluding carboxylic acids is 1. The Hall–Kier alpha value is -3.14. The summed E-state index contributed by atoms with van der Waals surface area (Å²) in [5.74, 6) is 0.486. The molecule has 120 valence electrons. The lowest BCUT2D eigenvalue weighted by Gasteiger charge is -2.08. The van der Waals surface area contributed by atoms with E-state index < -0.39 is 0 Å². The number of amides is 1. The monoisotopic (exact) mass is 317 g/mol. The van der Waals surface area contributed by atoms with E-state index in [1.54, 1.807) is 12.3 Å². The average Bonchev–Trinajstić information content (AvgIpc) is 2.63. The second-order valence-electron chi connectivity index (χ2n) is 5.48. The molecular formula is C20H19N3O. The fraction of sp³-hybridized carbons (Fsp3) is 0.100. The van der Waals surface area contributed by atoms with E-state index in [4.69, 9.17) is 0 Å². The molecule has 2 N–H and O–H groups in total. The van der Waals surface area contributed by atoms with Gasteiger partial charge < -0.3 is 10.6 Å². The highest BCUT2D eigenvalue weighted by Crippen LogP contribution is 2.12. The number of nitrogens with one attached hydrogen (secondary N) is 2. The molecule has 3 aromatic rings. The SMILES string of the molecule is O=C(Cc1ccccc1)Nc1ccc(NCc2ccccc2)cn1. The lowest BCUT2D eigenvalue weighted by molar-refractivity contribution is -0.115. The molecule has 0 aliphatic heterocycles. The van der Waals surface area contributed by atoms with E-state index in [0.717, 1.165) is 17.8 Å². The van der Waals surface area contributed by atoms with Crippen molar-refractivity contribution < 1.29 is 4.79 Å². The fourth-order valence-electron chi connectivity index (χ4n) is 2.34. The summed E-state index contributed by atoms with van der Waals surface area (Å²) in [6, 6.07) is 23.5. The summed E-state index contributed by atoms with van der Waals surface area (Å²) in [6.07, 6.45) is 2.07. The summed E-state index contributed by atoms with van der Waals surface area (Å²) in [5.41, 5.74) is 3.11. The van der Waals surface area contributed by atoms with E-state index in [9.17, 15) is 4.79 Å². The zero-order chi connectivity index (χ0) is 16.6. The van der Waals surface area contributed by atoms with Gasteiger partial charge in [-0.25, -0.2) is 4.98 Å². The Bertz CT molecular complexity index is 771. The van der Waals surface area contributed by atoms with Gasteiger partial charge in [0, 0.05) is 6.54 Å². The predicted molar refractivity (Wildman–Crippen MR) is 96.8 cm³/mol. The molecule has 0 aliphatic rings. The van der Waals surface area contributed by atoms with Crippen molar-refractivity contribution in [1.29, 1.82) is 0 Å². The first-order valence-corrected chi connectivity index (χ1v) is 7.87. The first kappa shape index (κ1) is 15.7. The van der Waals surface area contributed by atoms with Crippen LogP contribution in [-0.4, -0.2) is 10.9 Å². The quantitative estimate of drug-likeness (QED) is 0.725. The third kappa shape index (κ3) is 4.68. The lowest BCUT2D eigenvalue weighted by atomic mass is 10.1. The number of benzene rings is 2. The number of aromatic nitrogens is 1. The Morgan fingerprint density at radius 2 is 1.50 bits per heavy atom. The average molecular weight is 317 g/mol. The molecule has 1 aromatic heterocycles. The molecule has 0 bridgehead atoms. The van der Waals surface area contributed by atoms with E-state index in [1.807, 2.05) is 54.6 Å². The molecule has 1 heterocycles. The molecule has 3 rings (SSSR count). The van der Waals surface area contributed by atoms with Crippen LogP contribution < -0.4 is 10.6 Å². The normalized spacial score (nSPS) is 10.2. The van der Waals surface area contributed by atoms with Crippen molar-refractivity contribution in [2.24, 2.45) is 0 Å². The maximum absolute atomic E-state index is 12.0. The van der Waals surface area contributed by atoms with Crippen LogP contribution in [0.25, 0.3) is 0 Å². The summed E-state index contributed by atoms with van der Waals surface area (Å²) < 4.78 is 0. The molecule has 0 fully saturated rings. The summed E-state index contributed by atoms with van der Waals surface area (Å²) in [7, 11) is 0. The second-order valence-corrected chi connectivity index (χ2v) is 5.48. The molecule has 1 amide bonds. The molecule has 24 heavy (non-hydrogen) atoms. The van der Waals surface area contributed by atoms with Crippen molar-refractivity contribution in [2.75, 3.05) is 10.6 Å². The van der Waals surface area contributed by atoms with Crippen LogP contribution in [0.2, 0.25) is 0 Å². The fourth-order valence-corrected chi connectivity index (χ4v) is 2.34. The predicted octanol–water partition coefficient (Wildman–Crippen LogP) is 3.87. The highest BCUT2D eigenvalue weighted by atomic mass is 16.1. The molecule has 0 saturated carbocycles. The molecule has 4 nitrogen and oxygen atoms in total. The molecule has 0 aliphatic carbocycles. The minimum absolute atomic E-state index is 0.0707. The molecule has 0 saturated heterocycles. The maximum Gasteiger partial charge on any atom is 0.229 e. The maximum atomic E-state index is 12.0. The number of rotatable bonds is 6. The van der Waals surface area contributed by atoms with Crippen LogP contribution in [0.1, 0.15) is 11.1 Å². The highest BCUT2D eigenvalue weighted by Gasteiger charge is 2.04. The van der Waals surface area contributed by atoms with Crippen LogP contribution in [0, 0.1) is 0 Å². The third-order valence-electron chi connectivity index (χ3n) is 3.58. The van der Waals surface area contributed by atoms with Crippen LogP contribution in [0.3, 0.4) is 0 Å². The van der Waals surface area contributed by atoms with Gasteiger partial charge in [0.1, 0.15) is 5.82 Å². The van der Waals surface area contributed by atoms with Crippen molar-refractivity contribution in [3.05, 3.63) is 90.1 Å². The van der Waals surface area contributed by atoms with Gasteiger partial charge in [-0.2, -0.15) is 0 Å². The number of hydrogen-bond donors (Lipinski definition) is 2. The Morgan fingerprint density at radius 1 is 0.833 bits per heavy atom. The standard InChI is InChI=1S/C20H19N3O/c24-20(13-16-7-3-1-4-8-16)23-19-12-11-18(15-22-19)21-14-17-9-5-2-6-10-17/h1-12,15,21H,13-14H2,(H,22,23,24). The molecule has 0 unspecified atom stereocenters. The minimum Gasteiger partial charge on any atom is -0.380 e. The number of anilines is 2. The highest BCUT2D eigenvalue weighted by molar-refractivity contribution is 5.91. The van der Waals surface area contributed by atoms with E-state index in [-0.39, 0.29) is 5.91 Å². The van der Waals surface area contributed by atoms with Crippen molar-refractivity contribution >= 4 is 17.4 Å². The van der Waals surface area contributed by atoms with Crippen molar-refractivity contribution in [3.8, 4) is 0 Å². The number of hydrogen-bond acceptors (Lipinski definition) is 3. The van der Waals surface area contributed by atoms with Crippen LogP contribution in [0.15, 0.2) is 79.0 Å². The van der Waals surface area contributed by atoms with Gasteiger partial charge in [0.05, 0.1) is 18.3 Å². The second kappa shape index (κ2) is 7.92. The van der Waals surface area contributed by atoms with Gasteiger partial charge in [-0.3, -0.25) is 4.79 Å². The molecule has 0 atom stereocenters. The van der Waals surface area contributed by atoms with Gasteiger partial charge in [-0.15, -0.1) is 0 Å².